The van der Waals surface area contributed by atoms with Crippen LogP contribution in [0.2, 0.25) is 0 Å². The molecular formula is C11H14N4O2. The molecule has 17 heavy (non-hydrogen) atoms. The monoisotopic (exact) mass is 234 g/mol. The Labute approximate surface area is 98.6 Å². The molecule has 0 atom stereocenters. The highest BCUT2D eigenvalue weighted by molar-refractivity contribution is 5.44. The van der Waals surface area contributed by atoms with Crippen molar-refractivity contribution in [2.24, 2.45) is 0 Å². The predicted molar refractivity (Wildman–Crippen MR) is 61.5 cm³/mol. The van der Waals surface area contributed by atoms with E-state index in [1.165, 1.54) is 0 Å². The third-order valence-electron chi connectivity index (χ3n) is 2.96. The summed E-state index contributed by atoms with van der Waals surface area (Å²) in [5, 5.41) is 3.32. The maximum atomic E-state index is 5.37. The van der Waals surface area contributed by atoms with Gasteiger partial charge in [-0.2, -0.15) is 4.98 Å². The number of hydrogen-bond acceptors (Lipinski definition) is 5. The number of nitrogens with zero attached hydrogens (tertiary/aromatic N) is 3. The highest BCUT2D eigenvalue weighted by Gasteiger charge is 2.19. The maximum absolute atomic E-state index is 5.37. The molecule has 0 fully saturated rings. The molecule has 6 heteroatoms. The fourth-order valence-electron chi connectivity index (χ4n) is 2.14. The number of methoxy groups -OCH3 is 2. The Balaban J connectivity index is 2.29. The molecule has 2 aromatic heterocycles. The normalized spacial score (nSPS) is 14.7. The summed E-state index contributed by atoms with van der Waals surface area (Å²) in [6, 6.07) is 1.77. The van der Waals surface area contributed by atoms with Gasteiger partial charge >= 0.3 is 0 Å². The minimum Gasteiger partial charge on any atom is -0.482 e. The van der Waals surface area contributed by atoms with Gasteiger partial charge in [0.1, 0.15) is 0 Å². The van der Waals surface area contributed by atoms with Crippen LogP contribution in [0, 0.1) is 0 Å². The van der Waals surface area contributed by atoms with Gasteiger partial charge in [0.25, 0.3) is 0 Å². The summed E-state index contributed by atoms with van der Waals surface area (Å²) in [4.78, 5) is 8.85. The van der Waals surface area contributed by atoms with Crippen molar-refractivity contribution in [3.05, 3.63) is 17.5 Å². The van der Waals surface area contributed by atoms with Crippen LogP contribution in [0.15, 0.2) is 6.07 Å². The van der Waals surface area contributed by atoms with Crippen molar-refractivity contribution in [3.8, 4) is 11.8 Å². The maximum Gasteiger partial charge on any atom is 0.240 e. The predicted octanol–water partition coefficient (Wildman–Crippen LogP) is 0.392. The van der Waals surface area contributed by atoms with Crippen LogP contribution in [-0.4, -0.2) is 35.1 Å². The van der Waals surface area contributed by atoms with Crippen LogP contribution >= 0.6 is 0 Å². The second-order valence-corrected chi connectivity index (χ2v) is 3.91. The Morgan fingerprint density at radius 3 is 2.94 bits per heavy atom. The molecule has 0 unspecified atom stereocenters. The lowest BCUT2D eigenvalue weighted by molar-refractivity contribution is 0.368. The molecule has 0 bridgehead atoms. The Hall–Kier alpha value is -1.82. The lowest BCUT2D eigenvalue weighted by atomic mass is 10.2. The van der Waals surface area contributed by atoms with Crippen LogP contribution in [0.1, 0.15) is 11.4 Å². The fourth-order valence-corrected chi connectivity index (χ4v) is 2.14. The van der Waals surface area contributed by atoms with Gasteiger partial charge in [-0.25, -0.2) is 9.38 Å². The second-order valence-electron chi connectivity index (χ2n) is 3.91. The molecule has 0 spiro atoms. The van der Waals surface area contributed by atoms with Gasteiger partial charge in [-0.05, 0) is 0 Å². The van der Waals surface area contributed by atoms with E-state index in [0.29, 0.717) is 17.5 Å². The van der Waals surface area contributed by atoms with Crippen molar-refractivity contribution in [1.82, 2.24) is 19.7 Å². The molecule has 2 aromatic rings. The number of hydrogen-bond donors (Lipinski definition) is 1. The molecule has 3 rings (SSSR count). The molecule has 1 N–H and O–H groups in total. The van der Waals surface area contributed by atoms with Crippen molar-refractivity contribution < 1.29 is 9.47 Å². The average molecular weight is 234 g/mol. The molecule has 1 aliphatic rings. The van der Waals surface area contributed by atoms with E-state index in [9.17, 15) is 0 Å². The number of rotatable bonds is 2. The molecule has 0 amide bonds. The topological polar surface area (TPSA) is 60.7 Å². The first-order valence-electron chi connectivity index (χ1n) is 5.53. The van der Waals surface area contributed by atoms with E-state index in [1.54, 1.807) is 20.3 Å². The zero-order valence-electron chi connectivity index (χ0n) is 9.86. The lowest BCUT2D eigenvalue weighted by Crippen LogP contribution is -2.24. The molecule has 0 radical (unpaired) electrons. The molecule has 0 aromatic carbocycles. The molecule has 3 heterocycles. The van der Waals surface area contributed by atoms with Crippen LogP contribution in [0.3, 0.4) is 0 Å². The summed E-state index contributed by atoms with van der Waals surface area (Å²) in [6.07, 6.45) is 0.921. The van der Waals surface area contributed by atoms with Crippen LogP contribution in [-0.2, 0) is 13.0 Å². The molecule has 0 saturated carbocycles. The Morgan fingerprint density at radius 2 is 2.18 bits per heavy atom. The number of ether oxygens (including phenoxy) is 2. The van der Waals surface area contributed by atoms with Gasteiger partial charge in [0, 0.05) is 19.5 Å². The highest BCUT2D eigenvalue weighted by Crippen LogP contribution is 2.24. The van der Waals surface area contributed by atoms with Crippen molar-refractivity contribution in [2.75, 3.05) is 20.8 Å². The van der Waals surface area contributed by atoms with Gasteiger partial charge in [-0.3, -0.25) is 0 Å². The Morgan fingerprint density at radius 1 is 1.29 bits per heavy atom. The second kappa shape index (κ2) is 3.89. The van der Waals surface area contributed by atoms with Gasteiger partial charge in [0.15, 0.2) is 0 Å². The quantitative estimate of drug-likeness (QED) is 0.814. The fraction of sp³-hybridized carbons (Fsp3) is 0.455. The number of aromatic nitrogens is 3. The zero-order chi connectivity index (χ0) is 11.8. The van der Waals surface area contributed by atoms with Gasteiger partial charge in [0.05, 0.1) is 31.7 Å². The summed E-state index contributed by atoms with van der Waals surface area (Å²) in [7, 11) is 3.22. The molecule has 0 saturated heterocycles. The summed E-state index contributed by atoms with van der Waals surface area (Å²) in [5.74, 6) is 1.85. The first-order chi connectivity index (χ1) is 8.33. The number of fused-ring (bicyclic) bond motifs is 3. The Bertz CT molecular complexity index is 564. The van der Waals surface area contributed by atoms with E-state index in [0.717, 1.165) is 30.9 Å². The number of nitrogens with one attached hydrogen (secondary N) is 1. The van der Waals surface area contributed by atoms with E-state index in [-0.39, 0.29) is 0 Å². The van der Waals surface area contributed by atoms with Crippen molar-refractivity contribution >= 4 is 5.78 Å². The van der Waals surface area contributed by atoms with Gasteiger partial charge in [0.2, 0.25) is 17.5 Å². The van der Waals surface area contributed by atoms with Gasteiger partial charge < -0.3 is 14.8 Å². The summed E-state index contributed by atoms with van der Waals surface area (Å²) < 4.78 is 12.4. The third-order valence-corrected chi connectivity index (χ3v) is 2.96. The van der Waals surface area contributed by atoms with Crippen LogP contribution in [0.25, 0.3) is 5.78 Å². The smallest absolute Gasteiger partial charge is 0.240 e. The molecule has 1 aliphatic heterocycles. The highest BCUT2D eigenvalue weighted by atomic mass is 16.5. The van der Waals surface area contributed by atoms with Crippen molar-refractivity contribution in [2.45, 2.75) is 13.0 Å². The summed E-state index contributed by atoms with van der Waals surface area (Å²) in [6.45, 7) is 1.75. The van der Waals surface area contributed by atoms with E-state index in [2.05, 4.69) is 15.3 Å². The SMILES string of the molecule is COc1cc(OC)n2c3c(nc2n1)CCNC3. The first kappa shape index (κ1) is 10.3. The summed E-state index contributed by atoms with van der Waals surface area (Å²) >= 11 is 0. The van der Waals surface area contributed by atoms with Gasteiger partial charge in [-0.15, -0.1) is 0 Å². The van der Waals surface area contributed by atoms with E-state index in [4.69, 9.17) is 9.47 Å². The van der Waals surface area contributed by atoms with Crippen molar-refractivity contribution in [1.29, 1.82) is 0 Å². The number of imidazole rings is 1. The van der Waals surface area contributed by atoms with Crippen LogP contribution in [0.4, 0.5) is 0 Å². The minimum absolute atomic E-state index is 0.518. The molecule has 6 nitrogen and oxygen atoms in total. The molecule has 90 valence electrons. The first-order valence-corrected chi connectivity index (χ1v) is 5.53. The molecule has 0 aliphatic carbocycles. The zero-order valence-corrected chi connectivity index (χ0v) is 9.86. The minimum atomic E-state index is 0.518. The van der Waals surface area contributed by atoms with Gasteiger partial charge in [-0.1, -0.05) is 0 Å². The molecular weight excluding hydrogens is 220 g/mol. The van der Waals surface area contributed by atoms with E-state index < -0.39 is 0 Å². The standard InChI is InChI=1S/C11H14N4O2/c1-16-9-5-10(17-2)15-8-6-12-4-3-7(8)13-11(15)14-9/h5,12H,3-4,6H2,1-2H3. The average Bonchev–Trinajstić information content (AvgIpc) is 2.75. The van der Waals surface area contributed by atoms with Crippen molar-refractivity contribution in [3.63, 3.8) is 0 Å². The third kappa shape index (κ3) is 1.52. The summed E-state index contributed by atoms with van der Waals surface area (Å²) in [5.41, 5.74) is 2.21. The van der Waals surface area contributed by atoms with E-state index >= 15 is 0 Å². The largest absolute Gasteiger partial charge is 0.482 e. The van der Waals surface area contributed by atoms with E-state index in [1.807, 2.05) is 4.40 Å². The van der Waals surface area contributed by atoms with Crippen LogP contribution in [0.5, 0.6) is 11.8 Å². The van der Waals surface area contributed by atoms with Crippen LogP contribution < -0.4 is 14.8 Å². The lowest BCUT2D eigenvalue weighted by Gasteiger charge is -2.13. The Kier molecular flexibility index (Phi) is 2.36.